The van der Waals surface area contributed by atoms with Gasteiger partial charge in [-0.05, 0) is 6.92 Å². The van der Waals surface area contributed by atoms with Gasteiger partial charge in [-0.1, -0.05) is 0 Å². The molecule has 1 atom stereocenters. The summed E-state index contributed by atoms with van der Waals surface area (Å²) in [5, 5.41) is 15.6. The van der Waals surface area contributed by atoms with Crippen LogP contribution < -0.4 is 5.73 Å². The van der Waals surface area contributed by atoms with E-state index in [0.29, 0.717) is 19.8 Å². The molecule has 0 amide bonds. The minimum absolute atomic E-state index is 0.0168. The van der Waals surface area contributed by atoms with Gasteiger partial charge in [0.15, 0.2) is 5.96 Å². The SMILES string of the molecule is CC(OCCOCCO)N(C)C(=N)N. The third-order valence-corrected chi connectivity index (χ3v) is 1.75. The molecule has 0 aliphatic heterocycles. The van der Waals surface area contributed by atoms with Gasteiger partial charge in [-0.15, -0.1) is 0 Å². The molecule has 6 heteroatoms. The van der Waals surface area contributed by atoms with Crippen LogP contribution in [0.4, 0.5) is 0 Å². The number of ether oxygens (including phenoxy) is 2. The smallest absolute Gasteiger partial charge is 0.190 e. The maximum absolute atomic E-state index is 8.42. The zero-order valence-corrected chi connectivity index (χ0v) is 8.69. The Morgan fingerprint density at radius 1 is 1.50 bits per heavy atom. The molecule has 0 aliphatic carbocycles. The van der Waals surface area contributed by atoms with Gasteiger partial charge in [-0.25, -0.2) is 0 Å². The van der Waals surface area contributed by atoms with Crippen molar-refractivity contribution in [2.75, 3.05) is 33.5 Å². The molecule has 0 heterocycles. The van der Waals surface area contributed by atoms with E-state index in [-0.39, 0.29) is 18.8 Å². The molecule has 0 bridgehead atoms. The van der Waals surface area contributed by atoms with Gasteiger partial charge in [-0.2, -0.15) is 0 Å². The van der Waals surface area contributed by atoms with Gasteiger partial charge in [0.25, 0.3) is 0 Å². The molecule has 0 radical (unpaired) electrons. The molecule has 0 spiro atoms. The lowest BCUT2D eigenvalue weighted by atomic mass is 10.5. The van der Waals surface area contributed by atoms with Crippen molar-refractivity contribution >= 4 is 5.96 Å². The maximum atomic E-state index is 8.42. The topological polar surface area (TPSA) is 91.8 Å². The van der Waals surface area contributed by atoms with Crippen LogP contribution in [0.2, 0.25) is 0 Å². The number of nitrogens with one attached hydrogen (secondary N) is 1. The summed E-state index contributed by atoms with van der Waals surface area (Å²) in [7, 11) is 1.68. The number of aliphatic hydroxyl groups is 1. The number of rotatable bonds is 7. The zero-order chi connectivity index (χ0) is 11.0. The van der Waals surface area contributed by atoms with E-state index in [4.69, 9.17) is 25.7 Å². The lowest BCUT2D eigenvalue weighted by molar-refractivity contribution is -0.0368. The molecule has 4 N–H and O–H groups in total. The van der Waals surface area contributed by atoms with Crippen LogP contribution in [0.15, 0.2) is 0 Å². The van der Waals surface area contributed by atoms with E-state index < -0.39 is 0 Å². The fraction of sp³-hybridized carbons (Fsp3) is 0.875. The van der Waals surface area contributed by atoms with E-state index in [0.717, 1.165) is 0 Å². The van der Waals surface area contributed by atoms with E-state index >= 15 is 0 Å². The molecular formula is C8H19N3O3. The van der Waals surface area contributed by atoms with Gasteiger partial charge in [0.05, 0.1) is 26.4 Å². The summed E-state index contributed by atoms with van der Waals surface area (Å²) in [6.07, 6.45) is -0.245. The third-order valence-electron chi connectivity index (χ3n) is 1.75. The number of hydrogen-bond acceptors (Lipinski definition) is 4. The van der Waals surface area contributed by atoms with Crippen molar-refractivity contribution in [1.29, 1.82) is 5.41 Å². The van der Waals surface area contributed by atoms with Gasteiger partial charge in [0.1, 0.15) is 6.23 Å². The Labute approximate surface area is 84.1 Å². The standard InChI is InChI=1S/C8H19N3O3/c1-7(11(2)8(9)10)14-6-5-13-4-3-12/h7,12H,3-6H2,1-2H3,(H3,9,10). The normalized spacial score (nSPS) is 12.5. The highest BCUT2D eigenvalue weighted by molar-refractivity contribution is 5.74. The van der Waals surface area contributed by atoms with Gasteiger partial charge < -0.3 is 25.2 Å². The third kappa shape index (κ3) is 5.74. The first-order valence-corrected chi connectivity index (χ1v) is 4.46. The Kier molecular flexibility index (Phi) is 7.09. The van der Waals surface area contributed by atoms with Gasteiger partial charge in [0, 0.05) is 7.05 Å². The largest absolute Gasteiger partial charge is 0.394 e. The molecule has 1 unspecified atom stereocenters. The molecular weight excluding hydrogens is 186 g/mol. The minimum atomic E-state index is -0.245. The van der Waals surface area contributed by atoms with Crippen molar-refractivity contribution in [3.05, 3.63) is 0 Å². The van der Waals surface area contributed by atoms with Crippen molar-refractivity contribution in [3.63, 3.8) is 0 Å². The van der Waals surface area contributed by atoms with Crippen molar-refractivity contribution in [1.82, 2.24) is 4.90 Å². The summed E-state index contributed by atoms with van der Waals surface area (Å²) in [4.78, 5) is 1.51. The van der Waals surface area contributed by atoms with Crippen LogP contribution in [-0.4, -0.2) is 55.7 Å². The number of aliphatic hydroxyl groups excluding tert-OH is 1. The second-order valence-electron chi connectivity index (χ2n) is 2.80. The van der Waals surface area contributed by atoms with Crippen molar-refractivity contribution in [2.24, 2.45) is 5.73 Å². The summed E-state index contributed by atoms with van der Waals surface area (Å²) in [5.74, 6) is -0.0335. The second kappa shape index (κ2) is 7.54. The highest BCUT2D eigenvalue weighted by Crippen LogP contribution is 1.95. The number of nitrogens with two attached hydrogens (primary N) is 1. The first kappa shape index (κ1) is 13.2. The lowest BCUT2D eigenvalue weighted by Crippen LogP contribution is -2.41. The Hall–Kier alpha value is -0.850. The first-order valence-electron chi connectivity index (χ1n) is 4.46. The van der Waals surface area contributed by atoms with E-state index in [1.165, 1.54) is 4.90 Å². The fourth-order valence-electron chi connectivity index (χ4n) is 0.752. The zero-order valence-electron chi connectivity index (χ0n) is 8.69. The molecule has 14 heavy (non-hydrogen) atoms. The maximum Gasteiger partial charge on any atom is 0.190 e. The Bertz CT molecular complexity index is 166. The monoisotopic (exact) mass is 205 g/mol. The summed E-state index contributed by atoms with van der Waals surface area (Å²) < 4.78 is 10.3. The molecule has 0 saturated carbocycles. The molecule has 0 aromatic rings. The van der Waals surface area contributed by atoms with Crippen molar-refractivity contribution in [2.45, 2.75) is 13.2 Å². The Morgan fingerprint density at radius 2 is 2.14 bits per heavy atom. The predicted octanol–water partition coefficient (Wildman–Crippen LogP) is -0.817. The highest BCUT2D eigenvalue weighted by Gasteiger charge is 2.09. The quantitative estimate of drug-likeness (QED) is 0.219. The molecule has 84 valence electrons. The predicted molar refractivity (Wildman–Crippen MR) is 53.0 cm³/mol. The molecule has 0 aliphatic rings. The van der Waals surface area contributed by atoms with Gasteiger partial charge in [-0.3, -0.25) is 5.41 Å². The van der Waals surface area contributed by atoms with E-state index in [1.54, 1.807) is 14.0 Å². The molecule has 0 rings (SSSR count). The number of nitrogens with zero attached hydrogens (tertiary/aromatic N) is 1. The lowest BCUT2D eigenvalue weighted by Gasteiger charge is -2.24. The molecule has 0 aromatic heterocycles. The van der Waals surface area contributed by atoms with E-state index in [2.05, 4.69) is 0 Å². The average molecular weight is 205 g/mol. The Morgan fingerprint density at radius 3 is 2.64 bits per heavy atom. The van der Waals surface area contributed by atoms with Crippen molar-refractivity contribution in [3.8, 4) is 0 Å². The molecule has 6 nitrogen and oxygen atoms in total. The van der Waals surface area contributed by atoms with Crippen LogP contribution in [0.25, 0.3) is 0 Å². The van der Waals surface area contributed by atoms with E-state index in [1.807, 2.05) is 0 Å². The van der Waals surface area contributed by atoms with Gasteiger partial charge >= 0.3 is 0 Å². The summed E-state index contributed by atoms with van der Waals surface area (Å²) >= 11 is 0. The molecule has 0 fully saturated rings. The number of guanidine groups is 1. The van der Waals surface area contributed by atoms with Crippen LogP contribution in [0.3, 0.4) is 0 Å². The minimum Gasteiger partial charge on any atom is -0.394 e. The first-order chi connectivity index (χ1) is 6.59. The summed E-state index contributed by atoms with van der Waals surface area (Å²) in [5.41, 5.74) is 5.25. The molecule has 0 aromatic carbocycles. The van der Waals surface area contributed by atoms with Crippen LogP contribution >= 0.6 is 0 Å². The molecule has 0 saturated heterocycles. The van der Waals surface area contributed by atoms with Crippen molar-refractivity contribution < 1.29 is 14.6 Å². The second-order valence-corrected chi connectivity index (χ2v) is 2.80. The highest BCUT2D eigenvalue weighted by atomic mass is 16.5. The summed E-state index contributed by atoms with van der Waals surface area (Å²) in [6.45, 7) is 2.98. The van der Waals surface area contributed by atoms with Crippen LogP contribution in [-0.2, 0) is 9.47 Å². The van der Waals surface area contributed by atoms with Gasteiger partial charge in [0.2, 0.25) is 0 Å². The fourth-order valence-corrected chi connectivity index (χ4v) is 0.752. The number of hydrogen-bond donors (Lipinski definition) is 3. The van der Waals surface area contributed by atoms with E-state index in [9.17, 15) is 0 Å². The van der Waals surface area contributed by atoms with Crippen LogP contribution in [0.1, 0.15) is 6.92 Å². The van der Waals surface area contributed by atoms with Crippen LogP contribution in [0.5, 0.6) is 0 Å². The Balaban J connectivity index is 3.43. The average Bonchev–Trinajstić information content (AvgIpc) is 2.16. The van der Waals surface area contributed by atoms with Crippen LogP contribution in [0, 0.1) is 5.41 Å². The summed E-state index contributed by atoms with van der Waals surface area (Å²) in [6, 6.07) is 0.